The highest BCUT2D eigenvalue weighted by molar-refractivity contribution is 6.03. The Morgan fingerprint density at radius 1 is 1.09 bits per heavy atom. The van der Waals surface area contributed by atoms with E-state index in [1.165, 1.54) is 5.56 Å². The van der Waals surface area contributed by atoms with Gasteiger partial charge in [-0.2, -0.15) is 5.10 Å². The van der Waals surface area contributed by atoms with E-state index in [1.807, 2.05) is 54.0 Å². The molecule has 0 saturated carbocycles. The highest BCUT2D eigenvalue weighted by Gasteiger charge is 2.27. The van der Waals surface area contributed by atoms with Crippen molar-refractivity contribution in [2.75, 3.05) is 19.1 Å². The molecule has 6 heteroatoms. The van der Waals surface area contributed by atoms with Crippen molar-refractivity contribution in [3.05, 3.63) is 82.7 Å². The molecule has 1 heterocycles. The number of fused-ring (bicyclic) bond motifs is 1. The average Bonchev–Trinajstić information content (AvgIpc) is 3.18. The molecule has 1 aromatic heterocycles. The number of nitrogens with zero attached hydrogens (tertiary/aromatic N) is 2. The molecule has 0 saturated heterocycles. The molecule has 0 fully saturated rings. The smallest absolute Gasteiger partial charge is 0.354 e. The maximum Gasteiger partial charge on any atom is 0.354 e. The van der Waals surface area contributed by atoms with Crippen molar-refractivity contribution in [2.45, 2.75) is 39.7 Å². The van der Waals surface area contributed by atoms with E-state index in [0.717, 1.165) is 53.2 Å². The zero-order chi connectivity index (χ0) is 22.5. The predicted molar refractivity (Wildman–Crippen MR) is 127 cm³/mol. The van der Waals surface area contributed by atoms with E-state index in [2.05, 4.69) is 24.5 Å². The van der Waals surface area contributed by atoms with Gasteiger partial charge in [-0.05, 0) is 74.6 Å². The number of ether oxygens (including phenoxy) is 2. The minimum Gasteiger partial charge on any atom is -0.497 e. The lowest BCUT2D eigenvalue weighted by Gasteiger charge is -2.19. The molecule has 6 nitrogen and oxygen atoms in total. The molecule has 1 aliphatic carbocycles. The van der Waals surface area contributed by atoms with Crippen LogP contribution in [0.2, 0.25) is 0 Å². The molecule has 32 heavy (non-hydrogen) atoms. The number of rotatable bonds is 7. The Hall–Kier alpha value is -3.54. The molecule has 0 unspecified atom stereocenters. The van der Waals surface area contributed by atoms with Gasteiger partial charge in [0.05, 0.1) is 30.8 Å². The largest absolute Gasteiger partial charge is 0.497 e. The third-order valence-corrected chi connectivity index (χ3v) is 5.66. The standard InChI is InChI=1S/C26H29N3O3/c1-4-32-26(30)24-16-20-6-5-7-23(28-27-21-12-8-18(2)9-13-21)25(20)29(24)17-19-10-14-22(31-3)15-11-19/h8-16,27H,4-7,17H2,1-3H3/b28-23+. The third kappa shape index (κ3) is 4.69. The summed E-state index contributed by atoms with van der Waals surface area (Å²) in [5.74, 6) is 0.500. The molecule has 2 aromatic carbocycles. The molecular weight excluding hydrogens is 402 g/mol. The van der Waals surface area contributed by atoms with Gasteiger partial charge in [0.1, 0.15) is 11.4 Å². The Balaban J connectivity index is 1.72. The van der Waals surface area contributed by atoms with E-state index in [9.17, 15) is 4.79 Å². The fraction of sp³-hybridized carbons (Fsp3) is 0.308. The van der Waals surface area contributed by atoms with Gasteiger partial charge in [-0.1, -0.05) is 29.8 Å². The summed E-state index contributed by atoms with van der Waals surface area (Å²) in [6.45, 7) is 4.78. The Labute approximate surface area is 188 Å². The van der Waals surface area contributed by atoms with Crippen LogP contribution in [0.1, 0.15) is 52.6 Å². The minimum atomic E-state index is -0.304. The SMILES string of the molecule is CCOC(=O)c1cc2c(n1Cc1ccc(OC)cc1)/C(=N/Nc1ccc(C)cc1)CCC2. The number of hydrogen-bond donors (Lipinski definition) is 1. The zero-order valence-electron chi connectivity index (χ0n) is 18.9. The lowest BCUT2D eigenvalue weighted by atomic mass is 9.96. The van der Waals surface area contributed by atoms with Crippen molar-refractivity contribution < 1.29 is 14.3 Å². The summed E-state index contributed by atoms with van der Waals surface area (Å²) in [4.78, 5) is 12.8. The zero-order valence-corrected chi connectivity index (χ0v) is 18.9. The maximum absolute atomic E-state index is 12.8. The number of anilines is 1. The fourth-order valence-corrected chi connectivity index (χ4v) is 4.02. The third-order valence-electron chi connectivity index (χ3n) is 5.66. The molecule has 0 atom stereocenters. The molecule has 0 spiro atoms. The summed E-state index contributed by atoms with van der Waals surface area (Å²) in [5, 5.41) is 4.75. The average molecular weight is 432 g/mol. The van der Waals surface area contributed by atoms with Crippen LogP contribution in [0.3, 0.4) is 0 Å². The van der Waals surface area contributed by atoms with Gasteiger partial charge < -0.3 is 14.0 Å². The van der Waals surface area contributed by atoms with Crippen LogP contribution in [0.4, 0.5) is 5.69 Å². The number of hydrogen-bond acceptors (Lipinski definition) is 5. The predicted octanol–water partition coefficient (Wildman–Crippen LogP) is 5.18. The van der Waals surface area contributed by atoms with E-state index in [0.29, 0.717) is 18.8 Å². The van der Waals surface area contributed by atoms with Crippen molar-refractivity contribution in [3.8, 4) is 5.75 Å². The molecule has 1 aliphatic rings. The molecule has 0 aliphatic heterocycles. The van der Waals surface area contributed by atoms with Gasteiger partial charge in [0.15, 0.2) is 0 Å². The van der Waals surface area contributed by atoms with E-state index in [4.69, 9.17) is 14.6 Å². The van der Waals surface area contributed by atoms with Crippen LogP contribution in [0.25, 0.3) is 0 Å². The van der Waals surface area contributed by atoms with Gasteiger partial charge in [-0.3, -0.25) is 5.43 Å². The van der Waals surface area contributed by atoms with E-state index >= 15 is 0 Å². The van der Waals surface area contributed by atoms with Crippen LogP contribution in [-0.2, 0) is 17.7 Å². The highest BCUT2D eigenvalue weighted by atomic mass is 16.5. The van der Waals surface area contributed by atoms with E-state index in [-0.39, 0.29) is 5.97 Å². The van der Waals surface area contributed by atoms with Crippen LogP contribution < -0.4 is 10.2 Å². The number of carbonyl (C=O) groups is 1. The van der Waals surface area contributed by atoms with Gasteiger partial charge >= 0.3 is 5.97 Å². The summed E-state index contributed by atoms with van der Waals surface area (Å²) in [6.07, 6.45) is 2.76. The molecule has 1 N–H and O–H groups in total. The normalized spacial score (nSPS) is 14.2. The van der Waals surface area contributed by atoms with Crippen LogP contribution in [0.15, 0.2) is 59.7 Å². The van der Waals surface area contributed by atoms with Crippen LogP contribution >= 0.6 is 0 Å². The summed E-state index contributed by atoms with van der Waals surface area (Å²) in [6, 6.07) is 18.0. The van der Waals surface area contributed by atoms with Gasteiger partial charge in [-0.15, -0.1) is 0 Å². The maximum atomic E-state index is 12.8. The van der Waals surface area contributed by atoms with E-state index in [1.54, 1.807) is 7.11 Å². The van der Waals surface area contributed by atoms with E-state index < -0.39 is 0 Å². The quantitative estimate of drug-likeness (QED) is 0.413. The summed E-state index contributed by atoms with van der Waals surface area (Å²) in [5.41, 5.74) is 10.1. The van der Waals surface area contributed by atoms with Crippen molar-refractivity contribution in [3.63, 3.8) is 0 Å². The second kappa shape index (κ2) is 9.73. The number of aryl methyl sites for hydroxylation is 2. The monoisotopic (exact) mass is 431 g/mol. The van der Waals surface area contributed by atoms with Crippen LogP contribution in [0.5, 0.6) is 5.75 Å². The number of benzene rings is 2. The number of methoxy groups -OCH3 is 1. The van der Waals surface area contributed by atoms with Crippen LogP contribution in [-0.4, -0.2) is 30.0 Å². The molecule has 3 aromatic rings. The highest BCUT2D eigenvalue weighted by Crippen LogP contribution is 2.28. The molecule has 166 valence electrons. The lowest BCUT2D eigenvalue weighted by molar-refractivity contribution is 0.0514. The Kier molecular flexibility index (Phi) is 6.59. The number of nitrogens with one attached hydrogen (secondary N) is 1. The topological polar surface area (TPSA) is 64.8 Å². The number of aromatic nitrogens is 1. The molecule has 4 rings (SSSR count). The van der Waals surface area contributed by atoms with Gasteiger partial charge in [0, 0.05) is 6.54 Å². The van der Waals surface area contributed by atoms with Gasteiger partial charge in [0.25, 0.3) is 0 Å². The summed E-state index contributed by atoms with van der Waals surface area (Å²) in [7, 11) is 1.65. The fourth-order valence-electron chi connectivity index (χ4n) is 4.02. The van der Waals surface area contributed by atoms with Crippen molar-refractivity contribution >= 4 is 17.4 Å². The van der Waals surface area contributed by atoms with Crippen LogP contribution in [0, 0.1) is 6.92 Å². The Morgan fingerprint density at radius 3 is 2.53 bits per heavy atom. The first-order valence-corrected chi connectivity index (χ1v) is 11.0. The second-order valence-electron chi connectivity index (χ2n) is 7.95. The van der Waals surface area contributed by atoms with Crippen molar-refractivity contribution in [1.29, 1.82) is 0 Å². The first-order chi connectivity index (χ1) is 15.6. The lowest BCUT2D eigenvalue weighted by Crippen LogP contribution is -2.21. The van der Waals surface area contributed by atoms with Crippen molar-refractivity contribution in [1.82, 2.24) is 4.57 Å². The van der Waals surface area contributed by atoms with Crippen molar-refractivity contribution in [2.24, 2.45) is 5.10 Å². The second-order valence-corrected chi connectivity index (χ2v) is 7.95. The Morgan fingerprint density at radius 2 is 1.84 bits per heavy atom. The molecule has 0 bridgehead atoms. The Bertz CT molecular complexity index is 1110. The molecule has 0 radical (unpaired) electrons. The first kappa shape index (κ1) is 21.7. The molecular formula is C26H29N3O3. The number of hydrazone groups is 1. The summed E-state index contributed by atoms with van der Waals surface area (Å²) < 4.78 is 12.7. The number of carbonyl (C=O) groups excluding carboxylic acids is 1. The van der Waals surface area contributed by atoms with Gasteiger partial charge in [-0.25, -0.2) is 4.79 Å². The van der Waals surface area contributed by atoms with Gasteiger partial charge in [0.2, 0.25) is 0 Å². The first-order valence-electron chi connectivity index (χ1n) is 11.0. The minimum absolute atomic E-state index is 0.304. The summed E-state index contributed by atoms with van der Waals surface area (Å²) >= 11 is 0. The molecule has 0 amide bonds. The number of esters is 1.